The van der Waals surface area contributed by atoms with E-state index in [-0.39, 0.29) is 25.7 Å². The van der Waals surface area contributed by atoms with Crippen LogP contribution in [0.4, 0.5) is 0 Å². The molecule has 0 spiro atoms. The van der Waals surface area contributed by atoms with Gasteiger partial charge in [-0.2, -0.15) is 0 Å². The van der Waals surface area contributed by atoms with Gasteiger partial charge >= 0.3 is 7.82 Å². The molecule has 274 valence electrons. The Labute approximate surface area is 288 Å². The second-order valence-electron chi connectivity index (χ2n) is 12.4. The maximum Gasteiger partial charge on any atom is 0.472 e. The van der Waals surface area contributed by atoms with Gasteiger partial charge in [0.2, 0.25) is 5.91 Å². The molecule has 0 saturated heterocycles. The molecule has 0 aliphatic heterocycles. The van der Waals surface area contributed by atoms with Crippen molar-refractivity contribution in [3.05, 3.63) is 48.6 Å². The Kier molecular flexibility index (Phi) is 33.2. The normalized spacial score (nSPS) is 14.9. The fourth-order valence-electron chi connectivity index (χ4n) is 5.02. The number of amides is 1. The first-order valence-electron chi connectivity index (χ1n) is 18.8. The predicted octanol–water partition coefficient (Wildman–Crippen LogP) is 9.77. The summed E-state index contributed by atoms with van der Waals surface area (Å²) in [6.45, 7) is 4.02. The molecule has 0 fully saturated rings. The molecule has 5 N–H and O–H groups in total. The molecule has 0 rings (SSSR count). The molecular weight excluding hydrogens is 611 g/mol. The Bertz CT molecular complexity index is 876. The van der Waals surface area contributed by atoms with E-state index in [1.165, 1.54) is 70.6 Å². The number of allylic oxidation sites excluding steroid dienone is 7. The molecule has 8 nitrogen and oxygen atoms in total. The largest absolute Gasteiger partial charge is 0.472 e. The van der Waals surface area contributed by atoms with Gasteiger partial charge in [-0.05, 0) is 57.8 Å². The molecule has 3 unspecified atom stereocenters. The van der Waals surface area contributed by atoms with E-state index in [1.54, 1.807) is 6.08 Å². The van der Waals surface area contributed by atoms with Crippen molar-refractivity contribution in [2.75, 3.05) is 19.8 Å². The summed E-state index contributed by atoms with van der Waals surface area (Å²) in [5, 5.41) is 13.5. The second kappa shape index (κ2) is 34.3. The highest BCUT2D eigenvalue weighted by Crippen LogP contribution is 2.43. The topological polar surface area (TPSA) is 131 Å². The number of phosphoric acid groups is 1. The van der Waals surface area contributed by atoms with Crippen LogP contribution in [0.5, 0.6) is 0 Å². The van der Waals surface area contributed by atoms with Crippen molar-refractivity contribution in [1.82, 2.24) is 5.32 Å². The Morgan fingerprint density at radius 1 is 0.702 bits per heavy atom. The van der Waals surface area contributed by atoms with Crippen LogP contribution in [-0.4, -0.2) is 47.8 Å². The van der Waals surface area contributed by atoms with Gasteiger partial charge < -0.3 is 21.1 Å². The average Bonchev–Trinajstić information content (AvgIpc) is 3.05. The number of hydrogen-bond acceptors (Lipinski definition) is 6. The van der Waals surface area contributed by atoms with Gasteiger partial charge in [0.25, 0.3) is 0 Å². The summed E-state index contributed by atoms with van der Waals surface area (Å²) in [7, 11) is -4.33. The van der Waals surface area contributed by atoms with E-state index < -0.39 is 20.0 Å². The van der Waals surface area contributed by atoms with E-state index in [4.69, 9.17) is 14.8 Å². The summed E-state index contributed by atoms with van der Waals surface area (Å²) in [5.74, 6) is -0.214. The molecule has 0 radical (unpaired) electrons. The van der Waals surface area contributed by atoms with Gasteiger partial charge in [0.15, 0.2) is 0 Å². The zero-order valence-corrected chi connectivity index (χ0v) is 30.9. The number of phosphoric ester groups is 1. The van der Waals surface area contributed by atoms with E-state index >= 15 is 0 Å². The molecule has 0 aromatic heterocycles. The van der Waals surface area contributed by atoms with Crippen LogP contribution >= 0.6 is 7.82 Å². The lowest BCUT2D eigenvalue weighted by atomic mass is 10.1. The highest BCUT2D eigenvalue weighted by Gasteiger charge is 2.26. The molecule has 0 aromatic carbocycles. The maximum atomic E-state index is 12.6. The number of unbranched alkanes of at least 4 members (excludes halogenated alkanes) is 16. The van der Waals surface area contributed by atoms with Gasteiger partial charge in [0, 0.05) is 13.0 Å². The standard InChI is InChI=1S/C38H71N2O6P/c1-3-5-7-9-11-12-13-14-15-16-17-18-19-20-21-22-23-24-26-28-30-32-38(42)40-36(35-46-47(43,44)45-34-33-39)37(41)31-29-27-25-10-8-6-4-2/h13-14,16-17,19-20,29,31,36-37,41H,3-12,15,18,21-28,30,32-35,39H2,1-2H3,(H,40,42)(H,43,44)/b14-13-,17-16-,20-19-,31-29+. The number of rotatable bonds is 34. The lowest BCUT2D eigenvalue weighted by Crippen LogP contribution is -2.45. The molecule has 0 aliphatic rings. The number of hydrogen-bond donors (Lipinski definition) is 4. The van der Waals surface area contributed by atoms with Gasteiger partial charge in [-0.15, -0.1) is 0 Å². The smallest absolute Gasteiger partial charge is 0.387 e. The molecule has 0 aliphatic carbocycles. The fourth-order valence-corrected chi connectivity index (χ4v) is 5.78. The van der Waals surface area contributed by atoms with Crippen molar-refractivity contribution in [3.63, 3.8) is 0 Å². The first-order chi connectivity index (χ1) is 22.9. The van der Waals surface area contributed by atoms with Crippen molar-refractivity contribution in [2.45, 2.75) is 167 Å². The number of carbonyl (C=O) groups excluding carboxylic acids is 1. The Morgan fingerprint density at radius 3 is 1.70 bits per heavy atom. The summed E-state index contributed by atoms with van der Waals surface area (Å²) in [5.41, 5.74) is 5.33. The van der Waals surface area contributed by atoms with Crippen LogP contribution < -0.4 is 11.1 Å². The first kappa shape index (κ1) is 45.5. The van der Waals surface area contributed by atoms with Crippen LogP contribution in [0.3, 0.4) is 0 Å². The van der Waals surface area contributed by atoms with Crippen LogP contribution in [0, 0.1) is 0 Å². The third-order valence-electron chi connectivity index (χ3n) is 7.90. The second-order valence-corrected chi connectivity index (χ2v) is 13.9. The number of aliphatic hydroxyl groups is 1. The van der Waals surface area contributed by atoms with E-state index in [0.29, 0.717) is 6.42 Å². The van der Waals surface area contributed by atoms with Crippen LogP contribution in [0.25, 0.3) is 0 Å². The number of nitrogens with one attached hydrogen (secondary N) is 1. The fraction of sp³-hybridized carbons (Fsp3) is 0.763. The highest BCUT2D eigenvalue weighted by molar-refractivity contribution is 7.47. The summed E-state index contributed by atoms with van der Waals surface area (Å²) in [6.07, 6.45) is 40.3. The molecule has 0 saturated carbocycles. The van der Waals surface area contributed by atoms with E-state index in [9.17, 15) is 19.4 Å². The molecule has 1 amide bonds. The minimum atomic E-state index is -4.33. The number of nitrogens with two attached hydrogens (primary N) is 1. The Balaban J connectivity index is 4.17. The van der Waals surface area contributed by atoms with E-state index in [2.05, 4.69) is 55.6 Å². The minimum Gasteiger partial charge on any atom is -0.387 e. The highest BCUT2D eigenvalue weighted by atomic mass is 31.2. The lowest BCUT2D eigenvalue weighted by Gasteiger charge is -2.23. The summed E-state index contributed by atoms with van der Waals surface area (Å²) < 4.78 is 21.9. The van der Waals surface area contributed by atoms with Gasteiger partial charge in [0.1, 0.15) is 0 Å². The van der Waals surface area contributed by atoms with Crippen LogP contribution in [0.15, 0.2) is 48.6 Å². The van der Waals surface area contributed by atoms with E-state index in [0.717, 1.165) is 64.2 Å². The van der Waals surface area contributed by atoms with Crippen molar-refractivity contribution < 1.29 is 28.4 Å². The quantitative estimate of drug-likeness (QED) is 0.0302. The third kappa shape index (κ3) is 32.8. The number of aliphatic hydroxyl groups excluding tert-OH is 1. The summed E-state index contributed by atoms with van der Waals surface area (Å²) >= 11 is 0. The first-order valence-corrected chi connectivity index (χ1v) is 20.3. The SMILES string of the molecule is CCCCCCC/C=C\C/C=C\C/C=C\CCCCCCCCC(=O)NC(COP(=O)(O)OCCN)C(O)/C=C/CCCCCCC. The predicted molar refractivity (Wildman–Crippen MR) is 198 cm³/mol. The van der Waals surface area contributed by atoms with Gasteiger partial charge in [-0.25, -0.2) is 4.57 Å². The minimum absolute atomic E-state index is 0.0738. The zero-order valence-electron chi connectivity index (χ0n) is 30.0. The molecule has 47 heavy (non-hydrogen) atoms. The monoisotopic (exact) mass is 683 g/mol. The Morgan fingerprint density at radius 2 is 1.17 bits per heavy atom. The zero-order chi connectivity index (χ0) is 34.7. The lowest BCUT2D eigenvalue weighted by molar-refractivity contribution is -0.123. The van der Waals surface area contributed by atoms with Gasteiger partial charge in [-0.1, -0.05) is 140 Å². The molecule has 9 heteroatoms. The van der Waals surface area contributed by atoms with Crippen molar-refractivity contribution in [1.29, 1.82) is 0 Å². The molecule has 3 atom stereocenters. The summed E-state index contributed by atoms with van der Waals surface area (Å²) in [6, 6.07) is -0.865. The van der Waals surface area contributed by atoms with Gasteiger partial charge in [-0.3, -0.25) is 13.8 Å². The maximum absolute atomic E-state index is 12.6. The van der Waals surface area contributed by atoms with E-state index in [1.807, 2.05) is 6.08 Å². The summed E-state index contributed by atoms with van der Waals surface area (Å²) in [4.78, 5) is 22.5. The van der Waals surface area contributed by atoms with Crippen molar-refractivity contribution >= 4 is 13.7 Å². The average molecular weight is 683 g/mol. The number of carbonyl (C=O) groups is 1. The van der Waals surface area contributed by atoms with Crippen molar-refractivity contribution in [3.8, 4) is 0 Å². The molecule has 0 bridgehead atoms. The third-order valence-corrected chi connectivity index (χ3v) is 8.88. The molecule has 0 aromatic rings. The molecular formula is C38H71N2O6P. The van der Waals surface area contributed by atoms with Crippen LogP contribution in [0.1, 0.15) is 155 Å². The Hall–Kier alpha value is -1.54. The van der Waals surface area contributed by atoms with Crippen molar-refractivity contribution in [2.24, 2.45) is 5.73 Å². The van der Waals surface area contributed by atoms with Crippen LogP contribution in [0.2, 0.25) is 0 Å². The van der Waals surface area contributed by atoms with Gasteiger partial charge in [0.05, 0.1) is 25.4 Å². The van der Waals surface area contributed by atoms with Crippen LogP contribution in [-0.2, 0) is 18.4 Å². The molecule has 0 heterocycles.